The fourth-order valence-electron chi connectivity index (χ4n) is 4.49. The predicted molar refractivity (Wildman–Crippen MR) is 134 cm³/mol. The van der Waals surface area contributed by atoms with Crippen molar-refractivity contribution in [3.63, 3.8) is 0 Å². The van der Waals surface area contributed by atoms with Crippen LogP contribution in [0.5, 0.6) is 5.75 Å². The van der Waals surface area contributed by atoms with Gasteiger partial charge in [-0.25, -0.2) is 13.1 Å². The molecular formula is C24H30N4O4S2. The molecular weight excluding hydrogens is 472 g/mol. The Labute approximate surface area is 204 Å². The van der Waals surface area contributed by atoms with E-state index >= 15 is 0 Å². The minimum atomic E-state index is -3.68. The van der Waals surface area contributed by atoms with Crippen LogP contribution in [-0.2, 0) is 14.8 Å². The smallest absolute Gasteiger partial charge is 0.242 e. The van der Waals surface area contributed by atoms with Crippen LogP contribution >= 0.6 is 11.7 Å². The molecule has 1 N–H and O–H groups in total. The standard InChI is InChI=1S/C24H30N4O4S2/c1-3-28(19-12-14-20(15-13-19)32-4-2)24(29)18-10-8-17(9-11-18)16-25-34(30,31)22-7-5-6-21-23(22)27-33-26-21/h5-7,12-15,17-18,25H,3-4,8-11,16H2,1-2H3. The molecule has 4 rings (SSSR count). The van der Waals surface area contributed by atoms with Crippen LogP contribution in [0.1, 0.15) is 39.5 Å². The highest BCUT2D eigenvalue weighted by molar-refractivity contribution is 7.89. The molecule has 0 aliphatic heterocycles. The van der Waals surface area contributed by atoms with Crippen molar-refractivity contribution >= 4 is 44.4 Å². The number of hydrogen-bond donors (Lipinski definition) is 1. The van der Waals surface area contributed by atoms with Gasteiger partial charge in [0.15, 0.2) is 0 Å². The average molecular weight is 503 g/mol. The van der Waals surface area contributed by atoms with Gasteiger partial charge < -0.3 is 9.64 Å². The third-order valence-corrected chi connectivity index (χ3v) is 8.34. The van der Waals surface area contributed by atoms with Crippen LogP contribution in [-0.4, -0.2) is 42.8 Å². The molecule has 0 radical (unpaired) electrons. The lowest BCUT2D eigenvalue weighted by molar-refractivity contribution is -0.123. The summed E-state index contributed by atoms with van der Waals surface area (Å²) in [6.07, 6.45) is 3.12. The van der Waals surface area contributed by atoms with Gasteiger partial charge in [-0.1, -0.05) is 6.07 Å². The van der Waals surface area contributed by atoms with Gasteiger partial charge in [0, 0.05) is 24.7 Å². The van der Waals surface area contributed by atoms with Gasteiger partial charge in [-0.15, -0.1) is 0 Å². The van der Waals surface area contributed by atoms with Crippen molar-refractivity contribution in [3.05, 3.63) is 42.5 Å². The Kier molecular flexibility index (Phi) is 7.80. The van der Waals surface area contributed by atoms with Crippen molar-refractivity contribution in [2.75, 3.05) is 24.6 Å². The Morgan fingerprint density at radius 3 is 2.50 bits per heavy atom. The molecule has 0 saturated heterocycles. The third kappa shape index (κ3) is 5.39. The van der Waals surface area contributed by atoms with Crippen LogP contribution in [0, 0.1) is 11.8 Å². The fraction of sp³-hybridized carbons (Fsp3) is 0.458. The van der Waals surface area contributed by atoms with Crippen LogP contribution in [0.2, 0.25) is 0 Å². The molecule has 0 atom stereocenters. The molecule has 1 heterocycles. The summed E-state index contributed by atoms with van der Waals surface area (Å²) in [6, 6.07) is 12.6. The maximum absolute atomic E-state index is 13.2. The van der Waals surface area contributed by atoms with Gasteiger partial charge in [-0.05, 0) is 81.8 Å². The SMILES string of the molecule is CCOc1ccc(N(CC)C(=O)C2CCC(CNS(=O)(=O)c3cccc4nsnc34)CC2)cc1. The Hall–Kier alpha value is -2.56. The summed E-state index contributed by atoms with van der Waals surface area (Å²) >= 11 is 1.00. The summed E-state index contributed by atoms with van der Waals surface area (Å²) in [5.41, 5.74) is 1.86. The molecule has 8 nitrogen and oxygen atoms in total. The molecule has 3 aromatic rings. The van der Waals surface area contributed by atoms with Gasteiger partial charge >= 0.3 is 0 Å². The number of aromatic nitrogens is 2. The second-order valence-corrected chi connectivity index (χ2v) is 10.7. The number of amides is 1. The number of nitrogens with one attached hydrogen (secondary N) is 1. The summed E-state index contributed by atoms with van der Waals surface area (Å²) in [5, 5.41) is 0. The summed E-state index contributed by atoms with van der Waals surface area (Å²) in [4.78, 5) is 15.2. The van der Waals surface area contributed by atoms with E-state index in [0.29, 0.717) is 30.7 Å². The zero-order chi connectivity index (χ0) is 24.1. The zero-order valence-electron chi connectivity index (χ0n) is 19.4. The molecule has 0 spiro atoms. The fourth-order valence-corrected chi connectivity index (χ4v) is 6.37. The van der Waals surface area contributed by atoms with E-state index in [1.165, 1.54) is 0 Å². The Bertz CT molecular complexity index is 1220. The quantitative estimate of drug-likeness (QED) is 0.470. The molecule has 0 unspecified atom stereocenters. The van der Waals surface area contributed by atoms with E-state index < -0.39 is 10.0 Å². The normalized spacial score (nSPS) is 18.6. The molecule has 182 valence electrons. The lowest BCUT2D eigenvalue weighted by Crippen LogP contribution is -2.39. The minimum Gasteiger partial charge on any atom is -0.494 e. The molecule has 1 aliphatic carbocycles. The van der Waals surface area contributed by atoms with Crippen LogP contribution in [0.25, 0.3) is 11.0 Å². The summed E-state index contributed by atoms with van der Waals surface area (Å²) in [6.45, 7) is 5.48. The number of sulfonamides is 1. The van der Waals surface area contributed by atoms with E-state index in [9.17, 15) is 13.2 Å². The van der Waals surface area contributed by atoms with Crippen molar-refractivity contribution < 1.29 is 17.9 Å². The average Bonchev–Trinajstić information content (AvgIpc) is 3.34. The highest BCUT2D eigenvalue weighted by Crippen LogP contribution is 2.32. The van der Waals surface area contributed by atoms with Gasteiger partial charge in [0.05, 0.1) is 18.3 Å². The zero-order valence-corrected chi connectivity index (χ0v) is 21.1. The van der Waals surface area contributed by atoms with Gasteiger partial charge in [0.1, 0.15) is 21.7 Å². The topological polar surface area (TPSA) is 101 Å². The first-order chi connectivity index (χ1) is 16.4. The van der Waals surface area contributed by atoms with Crippen molar-refractivity contribution in [1.82, 2.24) is 13.5 Å². The molecule has 10 heteroatoms. The van der Waals surface area contributed by atoms with Crippen molar-refractivity contribution in [1.29, 1.82) is 0 Å². The highest BCUT2D eigenvalue weighted by Gasteiger charge is 2.30. The maximum Gasteiger partial charge on any atom is 0.242 e. The molecule has 1 aliphatic rings. The minimum absolute atomic E-state index is 0.0470. The first-order valence-corrected chi connectivity index (χ1v) is 13.9. The second kappa shape index (κ2) is 10.8. The number of ether oxygens (including phenoxy) is 1. The lowest BCUT2D eigenvalue weighted by atomic mass is 9.81. The Morgan fingerprint density at radius 1 is 1.09 bits per heavy atom. The number of carbonyl (C=O) groups is 1. The largest absolute Gasteiger partial charge is 0.494 e. The van der Waals surface area contributed by atoms with Gasteiger partial charge in [-0.3, -0.25) is 4.79 Å². The van der Waals surface area contributed by atoms with E-state index in [1.54, 1.807) is 18.2 Å². The number of hydrogen-bond acceptors (Lipinski definition) is 7. The third-order valence-electron chi connectivity index (χ3n) is 6.34. The van der Waals surface area contributed by atoms with E-state index in [1.807, 2.05) is 43.0 Å². The molecule has 1 saturated carbocycles. The molecule has 0 bridgehead atoms. The van der Waals surface area contributed by atoms with E-state index in [4.69, 9.17) is 4.74 Å². The molecule has 1 fully saturated rings. The number of rotatable bonds is 9. The number of benzene rings is 2. The van der Waals surface area contributed by atoms with Crippen LogP contribution in [0.4, 0.5) is 5.69 Å². The highest BCUT2D eigenvalue weighted by atomic mass is 32.2. The molecule has 2 aromatic carbocycles. The van der Waals surface area contributed by atoms with Crippen LogP contribution in [0.3, 0.4) is 0 Å². The summed E-state index contributed by atoms with van der Waals surface area (Å²) < 4.78 is 42.2. The molecule has 34 heavy (non-hydrogen) atoms. The van der Waals surface area contributed by atoms with E-state index in [0.717, 1.165) is 48.8 Å². The van der Waals surface area contributed by atoms with Gasteiger partial charge in [0.25, 0.3) is 0 Å². The van der Waals surface area contributed by atoms with E-state index in [-0.39, 0.29) is 22.6 Å². The van der Waals surface area contributed by atoms with Gasteiger partial charge in [-0.2, -0.15) is 8.75 Å². The van der Waals surface area contributed by atoms with Crippen molar-refractivity contribution in [2.45, 2.75) is 44.4 Å². The number of carbonyl (C=O) groups excluding carboxylic acids is 1. The maximum atomic E-state index is 13.2. The Balaban J connectivity index is 1.32. The second-order valence-electron chi connectivity index (χ2n) is 8.47. The lowest BCUT2D eigenvalue weighted by Gasteiger charge is -2.32. The number of anilines is 1. The molecule has 1 amide bonds. The van der Waals surface area contributed by atoms with Crippen LogP contribution in [0.15, 0.2) is 47.4 Å². The monoisotopic (exact) mass is 502 g/mol. The number of nitrogens with zero attached hydrogens (tertiary/aromatic N) is 3. The summed E-state index contributed by atoms with van der Waals surface area (Å²) in [7, 11) is -3.68. The van der Waals surface area contributed by atoms with E-state index in [2.05, 4.69) is 13.5 Å². The summed E-state index contributed by atoms with van der Waals surface area (Å²) in [5.74, 6) is 1.08. The first kappa shape index (κ1) is 24.6. The first-order valence-electron chi connectivity index (χ1n) is 11.7. The Morgan fingerprint density at radius 2 is 1.82 bits per heavy atom. The van der Waals surface area contributed by atoms with Crippen molar-refractivity contribution in [2.24, 2.45) is 11.8 Å². The molecule has 1 aromatic heterocycles. The van der Waals surface area contributed by atoms with Crippen molar-refractivity contribution in [3.8, 4) is 5.75 Å². The predicted octanol–water partition coefficient (Wildman–Crippen LogP) is 4.23. The van der Waals surface area contributed by atoms with Gasteiger partial charge in [0.2, 0.25) is 15.9 Å². The number of fused-ring (bicyclic) bond motifs is 1. The van der Waals surface area contributed by atoms with Crippen LogP contribution < -0.4 is 14.4 Å².